The summed E-state index contributed by atoms with van der Waals surface area (Å²) in [5.74, 6) is 1.41. The third kappa shape index (κ3) is 4.45. The normalized spacial score (nSPS) is 13.7. The van der Waals surface area contributed by atoms with E-state index >= 15 is 0 Å². The number of benzene rings is 2. The second kappa shape index (κ2) is 7.79. The van der Waals surface area contributed by atoms with Gasteiger partial charge in [-0.1, -0.05) is 63.1 Å². The molecule has 0 radical (unpaired) electrons. The summed E-state index contributed by atoms with van der Waals surface area (Å²) in [7, 11) is 0. The molecule has 2 atom stereocenters. The lowest BCUT2D eigenvalue weighted by Crippen LogP contribution is -2.05. The molecule has 0 aliphatic heterocycles. The van der Waals surface area contributed by atoms with Crippen LogP contribution in [0.1, 0.15) is 50.2 Å². The highest BCUT2D eigenvalue weighted by Crippen LogP contribution is 2.30. The SMILES string of the molecule is CCC(C)CC(C[CH-]c1ccccc1)c1ccccc1. The van der Waals surface area contributed by atoms with Crippen molar-refractivity contribution < 1.29 is 0 Å². The minimum atomic E-state index is 0.631. The molecular formula is C20H25-. The Balaban J connectivity index is 2.03. The molecule has 0 amide bonds. The first-order valence-electron chi connectivity index (χ1n) is 7.72. The van der Waals surface area contributed by atoms with Gasteiger partial charge < -0.3 is 0 Å². The predicted molar refractivity (Wildman–Crippen MR) is 87.7 cm³/mol. The van der Waals surface area contributed by atoms with E-state index in [4.69, 9.17) is 0 Å². The highest BCUT2D eigenvalue weighted by Gasteiger charge is 2.12. The van der Waals surface area contributed by atoms with Gasteiger partial charge >= 0.3 is 0 Å². The maximum absolute atomic E-state index is 2.38. The van der Waals surface area contributed by atoms with E-state index in [0.717, 1.165) is 12.3 Å². The van der Waals surface area contributed by atoms with Crippen LogP contribution in [-0.2, 0) is 0 Å². The summed E-state index contributed by atoms with van der Waals surface area (Å²) in [5.41, 5.74) is 2.80. The molecule has 0 bridgehead atoms. The molecular weight excluding hydrogens is 240 g/mol. The van der Waals surface area contributed by atoms with Gasteiger partial charge in [-0.3, -0.25) is 0 Å². The first-order chi connectivity index (χ1) is 9.79. The van der Waals surface area contributed by atoms with Gasteiger partial charge in [0.05, 0.1) is 0 Å². The Labute approximate surface area is 123 Å². The van der Waals surface area contributed by atoms with Crippen LogP contribution in [0.15, 0.2) is 60.7 Å². The Morgan fingerprint density at radius 2 is 1.50 bits per heavy atom. The fraction of sp³-hybridized carbons (Fsp3) is 0.350. The van der Waals surface area contributed by atoms with Crippen molar-refractivity contribution >= 4 is 0 Å². The summed E-state index contributed by atoms with van der Waals surface area (Å²) >= 11 is 0. The fourth-order valence-electron chi connectivity index (χ4n) is 2.61. The zero-order valence-electron chi connectivity index (χ0n) is 12.6. The van der Waals surface area contributed by atoms with Gasteiger partial charge in [-0.15, -0.1) is 12.1 Å². The molecule has 2 aromatic rings. The van der Waals surface area contributed by atoms with Crippen LogP contribution < -0.4 is 0 Å². The van der Waals surface area contributed by atoms with Gasteiger partial charge in [0.2, 0.25) is 0 Å². The van der Waals surface area contributed by atoms with E-state index in [2.05, 4.69) is 80.9 Å². The van der Waals surface area contributed by atoms with Crippen LogP contribution >= 0.6 is 0 Å². The van der Waals surface area contributed by atoms with Crippen LogP contribution in [0, 0.1) is 12.3 Å². The van der Waals surface area contributed by atoms with Gasteiger partial charge in [0.1, 0.15) is 0 Å². The summed E-state index contributed by atoms with van der Waals surface area (Å²) in [6.45, 7) is 4.64. The predicted octanol–water partition coefficient (Wildman–Crippen LogP) is 5.85. The number of rotatable bonds is 7. The van der Waals surface area contributed by atoms with Crippen molar-refractivity contribution in [3.05, 3.63) is 78.2 Å². The topological polar surface area (TPSA) is 0 Å². The Morgan fingerprint density at radius 1 is 0.900 bits per heavy atom. The zero-order valence-corrected chi connectivity index (χ0v) is 12.6. The fourth-order valence-corrected chi connectivity index (χ4v) is 2.61. The maximum atomic E-state index is 2.38. The molecule has 0 spiro atoms. The molecule has 0 aliphatic rings. The molecule has 2 unspecified atom stereocenters. The summed E-state index contributed by atoms with van der Waals surface area (Å²) < 4.78 is 0. The summed E-state index contributed by atoms with van der Waals surface area (Å²) in [4.78, 5) is 0. The zero-order chi connectivity index (χ0) is 14.2. The van der Waals surface area contributed by atoms with Crippen LogP contribution in [0.4, 0.5) is 0 Å². The molecule has 0 saturated carbocycles. The lowest BCUT2D eigenvalue weighted by atomic mass is 9.84. The van der Waals surface area contributed by atoms with E-state index in [1.54, 1.807) is 0 Å². The number of hydrogen-bond donors (Lipinski definition) is 0. The highest BCUT2D eigenvalue weighted by atomic mass is 14.2. The summed E-state index contributed by atoms with van der Waals surface area (Å²) in [6.07, 6.45) is 6.02. The molecule has 0 heteroatoms. The molecule has 106 valence electrons. The lowest BCUT2D eigenvalue weighted by molar-refractivity contribution is 0.451. The maximum Gasteiger partial charge on any atom is -0.0229 e. The van der Waals surface area contributed by atoms with E-state index in [9.17, 15) is 0 Å². The molecule has 0 heterocycles. The third-order valence-electron chi connectivity index (χ3n) is 4.09. The minimum absolute atomic E-state index is 0.631. The molecule has 2 rings (SSSR count). The van der Waals surface area contributed by atoms with E-state index in [1.807, 2.05) is 0 Å². The van der Waals surface area contributed by atoms with Crippen LogP contribution in [0.2, 0.25) is 0 Å². The molecule has 0 fully saturated rings. The van der Waals surface area contributed by atoms with Crippen molar-refractivity contribution in [2.45, 2.75) is 39.0 Å². The second-order valence-electron chi connectivity index (χ2n) is 5.71. The monoisotopic (exact) mass is 265 g/mol. The van der Waals surface area contributed by atoms with Crippen molar-refractivity contribution in [2.75, 3.05) is 0 Å². The van der Waals surface area contributed by atoms with Gasteiger partial charge in [-0.05, 0) is 23.8 Å². The standard InChI is InChI=1S/C20H25/c1-3-17(2)16-20(19-12-8-5-9-13-19)15-14-18-10-6-4-7-11-18/h4-14,17,20H,3,15-16H2,1-2H3/q-1. The summed E-state index contributed by atoms with van der Waals surface area (Å²) in [6, 6.07) is 21.6. The molecule has 0 aliphatic carbocycles. The molecule has 20 heavy (non-hydrogen) atoms. The first-order valence-corrected chi connectivity index (χ1v) is 7.72. The van der Waals surface area contributed by atoms with Gasteiger partial charge in [-0.2, -0.15) is 24.1 Å². The van der Waals surface area contributed by atoms with Gasteiger partial charge in [-0.25, -0.2) is 0 Å². The van der Waals surface area contributed by atoms with Crippen molar-refractivity contribution in [1.82, 2.24) is 0 Å². The van der Waals surface area contributed by atoms with Crippen molar-refractivity contribution in [3.63, 3.8) is 0 Å². The highest BCUT2D eigenvalue weighted by molar-refractivity contribution is 5.25. The van der Waals surface area contributed by atoms with E-state index < -0.39 is 0 Å². The van der Waals surface area contributed by atoms with Crippen molar-refractivity contribution in [2.24, 2.45) is 5.92 Å². The molecule has 0 nitrogen and oxygen atoms in total. The van der Waals surface area contributed by atoms with Crippen LogP contribution in [0.25, 0.3) is 0 Å². The van der Waals surface area contributed by atoms with E-state index in [1.165, 1.54) is 24.0 Å². The Kier molecular flexibility index (Phi) is 5.73. The van der Waals surface area contributed by atoms with Crippen LogP contribution in [0.3, 0.4) is 0 Å². The lowest BCUT2D eigenvalue weighted by Gasteiger charge is -2.23. The average molecular weight is 265 g/mol. The molecule has 0 aromatic heterocycles. The Hall–Kier alpha value is -1.69. The molecule has 2 aromatic carbocycles. The van der Waals surface area contributed by atoms with Crippen molar-refractivity contribution in [3.8, 4) is 0 Å². The smallest absolute Gasteiger partial charge is 0.0229 e. The van der Waals surface area contributed by atoms with E-state index in [0.29, 0.717) is 5.92 Å². The van der Waals surface area contributed by atoms with Gasteiger partial charge in [0, 0.05) is 0 Å². The van der Waals surface area contributed by atoms with Crippen LogP contribution in [0.5, 0.6) is 0 Å². The minimum Gasteiger partial charge on any atom is -0.192 e. The van der Waals surface area contributed by atoms with Crippen molar-refractivity contribution in [1.29, 1.82) is 0 Å². The van der Waals surface area contributed by atoms with Crippen LogP contribution in [-0.4, -0.2) is 0 Å². The van der Waals surface area contributed by atoms with Gasteiger partial charge in [0.25, 0.3) is 0 Å². The largest absolute Gasteiger partial charge is 0.192 e. The number of hydrogen-bond acceptors (Lipinski definition) is 0. The third-order valence-corrected chi connectivity index (χ3v) is 4.09. The van der Waals surface area contributed by atoms with E-state index in [-0.39, 0.29) is 0 Å². The Bertz CT molecular complexity index is 472. The first kappa shape index (κ1) is 14.7. The summed E-state index contributed by atoms with van der Waals surface area (Å²) in [5, 5.41) is 0. The quantitative estimate of drug-likeness (QED) is 0.551. The average Bonchev–Trinajstić information content (AvgIpc) is 2.53. The molecule has 0 saturated heterocycles. The van der Waals surface area contributed by atoms with Gasteiger partial charge in [0.15, 0.2) is 0 Å². The Morgan fingerprint density at radius 3 is 2.10 bits per heavy atom. The molecule has 0 N–H and O–H groups in total. The second-order valence-corrected chi connectivity index (χ2v) is 5.71.